The van der Waals surface area contributed by atoms with E-state index < -0.39 is 37.3 Å². The second kappa shape index (κ2) is 6.84. The Morgan fingerprint density at radius 3 is 2.29 bits per heavy atom. The summed E-state index contributed by atoms with van der Waals surface area (Å²) in [5.41, 5.74) is -0.618. The highest BCUT2D eigenvalue weighted by Crippen LogP contribution is 2.26. The Labute approximate surface area is 127 Å². The molecule has 1 aromatic carbocycles. The van der Waals surface area contributed by atoms with Crippen molar-refractivity contribution in [1.29, 1.82) is 0 Å². The molecule has 0 aliphatic heterocycles. The molecule has 0 unspecified atom stereocenters. The molecule has 0 radical (unpaired) electrons. The lowest BCUT2D eigenvalue weighted by atomic mass is 10.2. The molecule has 1 rings (SSSR count). The first-order chi connectivity index (χ1) is 9.75. The molecule has 0 bridgehead atoms. The molecule has 0 saturated heterocycles. The van der Waals surface area contributed by atoms with Gasteiger partial charge in [0.05, 0.1) is 15.5 Å². The summed E-state index contributed by atoms with van der Waals surface area (Å²) in [5.74, 6) is -2.64. The number of sulfonamides is 1. The van der Waals surface area contributed by atoms with Crippen LogP contribution in [-0.4, -0.2) is 36.9 Å². The van der Waals surface area contributed by atoms with Gasteiger partial charge in [-0.3, -0.25) is 0 Å². The van der Waals surface area contributed by atoms with Gasteiger partial charge in [0, 0.05) is 13.1 Å². The van der Waals surface area contributed by atoms with Gasteiger partial charge in [0.1, 0.15) is 5.82 Å². The number of carboxylic acid groups (broad SMARTS) is 1. The normalized spacial score (nSPS) is 11.4. The SMILES string of the molecule is C=CCN(CC=C)S(=O)(=O)c1cc(F)c(Cl)c(C(=O)O)c1. The minimum Gasteiger partial charge on any atom is -0.478 e. The van der Waals surface area contributed by atoms with E-state index in [4.69, 9.17) is 16.7 Å². The fourth-order valence-corrected chi connectivity index (χ4v) is 3.19. The standard InChI is InChI=1S/C13H13ClFNO4S/c1-3-5-16(6-4-2)21(19,20)9-7-10(13(17)18)12(14)11(15)8-9/h3-4,7-8H,1-2,5-6H2,(H,17,18). The molecule has 0 saturated carbocycles. The molecule has 0 aliphatic rings. The van der Waals surface area contributed by atoms with Crippen LogP contribution < -0.4 is 0 Å². The molecule has 0 amide bonds. The maximum atomic E-state index is 13.6. The van der Waals surface area contributed by atoms with E-state index in [9.17, 15) is 17.6 Å². The number of hydrogen-bond acceptors (Lipinski definition) is 3. The van der Waals surface area contributed by atoms with Crippen LogP contribution in [0.5, 0.6) is 0 Å². The topological polar surface area (TPSA) is 74.7 Å². The van der Waals surface area contributed by atoms with Gasteiger partial charge >= 0.3 is 5.97 Å². The number of halogens is 2. The monoisotopic (exact) mass is 333 g/mol. The van der Waals surface area contributed by atoms with Crippen LogP contribution in [0.4, 0.5) is 4.39 Å². The van der Waals surface area contributed by atoms with Crippen molar-refractivity contribution in [3.8, 4) is 0 Å². The first kappa shape index (κ1) is 17.4. The van der Waals surface area contributed by atoms with Crippen molar-refractivity contribution in [3.05, 3.63) is 53.8 Å². The van der Waals surface area contributed by atoms with Crippen molar-refractivity contribution in [1.82, 2.24) is 4.31 Å². The van der Waals surface area contributed by atoms with Gasteiger partial charge in [-0.1, -0.05) is 23.8 Å². The number of aromatic carboxylic acids is 1. The van der Waals surface area contributed by atoms with Crippen LogP contribution in [0.2, 0.25) is 5.02 Å². The molecule has 0 fully saturated rings. The molecule has 0 heterocycles. The number of carbonyl (C=O) groups is 1. The molecule has 1 aromatic rings. The van der Waals surface area contributed by atoms with Crippen LogP contribution in [0, 0.1) is 5.82 Å². The van der Waals surface area contributed by atoms with Crippen LogP contribution >= 0.6 is 11.6 Å². The van der Waals surface area contributed by atoms with Crippen LogP contribution in [-0.2, 0) is 10.0 Å². The minimum absolute atomic E-state index is 0.0268. The predicted octanol–water partition coefficient (Wildman–Crippen LogP) is 2.54. The average molecular weight is 334 g/mol. The Morgan fingerprint density at radius 2 is 1.86 bits per heavy atom. The van der Waals surface area contributed by atoms with Gasteiger partial charge in [0.25, 0.3) is 0 Å². The highest BCUT2D eigenvalue weighted by atomic mass is 35.5. The summed E-state index contributed by atoms with van der Waals surface area (Å²) in [4.78, 5) is 10.5. The van der Waals surface area contributed by atoms with Gasteiger partial charge in [0.15, 0.2) is 0 Å². The van der Waals surface area contributed by atoms with Crippen LogP contribution in [0.15, 0.2) is 42.3 Å². The van der Waals surface area contributed by atoms with E-state index in [2.05, 4.69) is 13.2 Å². The summed E-state index contributed by atoms with van der Waals surface area (Å²) >= 11 is 5.52. The first-order valence-electron chi connectivity index (χ1n) is 5.70. The summed E-state index contributed by atoms with van der Waals surface area (Å²) in [6.07, 6.45) is 2.71. The van der Waals surface area contributed by atoms with Crippen molar-refractivity contribution in [3.63, 3.8) is 0 Å². The van der Waals surface area contributed by atoms with Crippen LogP contribution in [0.1, 0.15) is 10.4 Å². The number of rotatable bonds is 7. The largest absolute Gasteiger partial charge is 0.478 e. The van der Waals surface area contributed by atoms with Gasteiger partial charge in [-0.25, -0.2) is 17.6 Å². The Kier molecular flexibility index (Phi) is 5.65. The third-order valence-electron chi connectivity index (χ3n) is 2.54. The maximum absolute atomic E-state index is 13.6. The molecule has 5 nitrogen and oxygen atoms in total. The second-order valence-electron chi connectivity index (χ2n) is 3.97. The average Bonchev–Trinajstić information content (AvgIpc) is 2.40. The highest BCUT2D eigenvalue weighted by Gasteiger charge is 2.26. The lowest BCUT2D eigenvalue weighted by Crippen LogP contribution is -2.31. The van der Waals surface area contributed by atoms with E-state index in [1.165, 1.54) is 12.2 Å². The maximum Gasteiger partial charge on any atom is 0.337 e. The molecule has 0 aromatic heterocycles. The third kappa shape index (κ3) is 3.69. The van der Waals surface area contributed by atoms with Crippen molar-refractivity contribution in [2.24, 2.45) is 0 Å². The zero-order valence-electron chi connectivity index (χ0n) is 10.9. The summed E-state index contributed by atoms with van der Waals surface area (Å²) < 4.78 is 39.4. The summed E-state index contributed by atoms with van der Waals surface area (Å²) in [5, 5.41) is 8.30. The van der Waals surface area contributed by atoms with Crippen molar-refractivity contribution in [2.45, 2.75) is 4.90 Å². The second-order valence-corrected chi connectivity index (χ2v) is 6.29. The minimum atomic E-state index is -4.09. The predicted molar refractivity (Wildman–Crippen MR) is 77.5 cm³/mol. The Balaban J connectivity index is 3.46. The number of benzene rings is 1. The number of hydrogen-bond donors (Lipinski definition) is 1. The molecule has 0 aliphatic carbocycles. The quantitative estimate of drug-likeness (QED) is 0.778. The third-order valence-corrected chi connectivity index (χ3v) is 4.73. The smallest absolute Gasteiger partial charge is 0.337 e. The summed E-state index contributed by atoms with van der Waals surface area (Å²) in [6, 6.07) is 1.51. The van der Waals surface area contributed by atoms with E-state index in [0.717, 1.165) is 10.4 Å². The van der Waals surface area contributed by atoms with Gasteiger partial charge in [0.2, 0.25) is 10.0 Å². The molecule has 114 valence electrons. The fraction of sp³-hybridized carbons (Fsp3) is 0.154. The fourth-order valence-electron chi connectivity index (χ4n) is 1.58. The molecule has 0 spiro atoms. The summed E-state index contributed by atoms with van der Waals surface area (Å²) in [7, 11) is -4.09. The zero-order chi connectivity index (χ0) is 16.2. The van der Waals surface area contributed by atoms with Gasteiger partial charge in [-0.05, 0) is 12.1 Å². The molecule has 8 heteroatoms. The van der Waals surface area contributed by atoms with E-state index in [1.807, 2.05) is 0 Å². The van der Waals surface area contributed by atoms with Gasteiger partial charge < -0.3 is 5.11 Å². The molecular weight excluding hydrogens is 321 g/mol. The molecule has 0 atom stereocenters. The van der Waals surface area contributed by atoms with E-state index in [1.54, 1.807) is 0 Å². The van der Waals surface area contributed by atoms with Crippen LogP contribution in [0.3, 0.4) is 0 Å². The number of carboxylic acids is 1. The molecular formula is C13H13ClFNO4S. The van der Waals surface area contributed by atoms with Crippen molar-refractivity contribution in [2.75, 3.05) is 13.1 Å². The number of nitrogens with zero attached hydrogens (tertiary/aromatic N) is 1. The van der Waals surface area contributed by atoms with Crippen LogP contribution in [0.25, 0.3) is 0 Å². The Bertz CT molecular complexity index is 678. The zero-order valence-corrected chi connectivity index (χ0v) is 12.5. The van der Waals surface area contributed by atoms with E-state index in [0.29, 0.717) is 6.07 Å². The molecule has 21 heavy (non-hydrogen) atoms. The lowest BCUT2D eigenvalue weighted by Gasteiger charge is -2.19. The van der Waals surface area contributed by atoms with E-state index in [-0.39, 0.29) is 13.1 Å². The molecule has 1 N–H and O–H groups in total. The highest BCUT2D eigenvalue weighted by molar-refractivity contribution is 7.89. The van der Waals surface area contributed by atoms with Gasteiger partial charge in [-0.2, -0.15) is 4.31 Å². The Morgan fingerprint density at radius 1 is 1.33 bits per heavy atom. The van der Waals surface area contributed by atoms with E-state index >= 15 is 0 Å². The Hall–Kier alpha value is -1.70. The van der Waals surface area contributed by atoms with Crippen molar-refractivity contribution >= 4 is 27.6 Å². The van der Waals surface area contributed by atoms with Gasteiger partial charge in [-0.15, -0.1) is 13.2 Å². The first-order valence-corrected chi connectivity index (χ1v) is 7.51. The lowest BCUT2D eigenvalue weighted by molar-refractivity contribution is 0.0696. The summed E-state index contributed by atoms with van der Waals surface area (Å²) in [6.45, 7) is 6.82. The van der Waals surface area contributed by atoms with Crippen molar-refractivity contribution < 1.29 is 22.7 Å².